The van der Waals surface area contributed by atoms with E-state index in [4.69, 9.17) is 4.84 Å². The number of hydrogen-bond acceptors (Lipinski definition) is 2. The number of nitrogens with zero attached hydrogens (tertiary/aromatic N) is 1. The lowest BCUT2D eigenvalue weighted by atomic mass is 10.6. The number of hydroxylamine groups is 2. The summed E-state index contributed by atoms with van der Waals surface area (Å²) in [6, 6.07) is 0. The zero-order valence-corrected chi connectivity index (χ0v) is 4.00. The Bertz CT molecular complexity index is 90.3. The highest BCUT2D eigenvalue weighted by Gasteiger charge is 1.97. The lowest BCUT2D eigenvalue weighted by Crippen LogP contribution is -2.07. The van der Waals surface area contributed by atoms with Crippen LogP contribution in [0, 0.1) is 0 Å². The van der Waals surface area contributed by atoms with Gasteiger partial charge in [-0.1, -0.05) is 6.58 Å². The highest BCUT2D eigenvalue weighted by Crippen LogP contribution is 1.98. The summed E-state index contributed by atoms with van der Waals surface area (Å²) in [5.74, 6) is 0. The molecule has 0 fully saturated rings. The van der Waals surface area contributed by atoms with Crippen molar-refractivity contribution < 1.29 is 4.84 Å². The molecule has 0 spiro atoms. The summed E-state index contributed by atoms with van der Waals surface area (Å²) in [6.45, 7) is 4.33. The van der Waals surface area contributed by atoms with Gasteiger partial charge in [-0.05, 0) is 6.08 Å². The van der Waals surface area contributed by atoms with Gasteiger partial charge in [0.25, 0.3) is 0 Å². The first kappa shape index (κ1) is 4.24. The molecule has 0 amide bonds. The molecule has 0 unspecified atom stereocenters. The number of rotatable bonds is 1. The topological polar surface area (TPSA) is 12.5 Å². The lowest BCUT2D eigenvalue weighted by molar-refractivity contribution is -0.0256. The monoisotopic (exact) mass is 97.1 g/mol. The van der Waals surface area contributed by atoms with E-state index in [-0.39, 0.29) is 0 Å². The normalized spacial score (nSPS) is 16.9. The fourth-order valence-electron chi connectivity index (χ4n) is 0.429. The molecule has 0 saturated heterocycles. The summed E-state index contributed by atoms with van der Waals surface area (Å²) in [5.41, 5.74) is 0. The Labute approximate surface area is 42.6 Å². The molecule has 0 saturated carbocycles. The molecule has 1 aliphatic heterocycles. The molecule has 0 atom stereocenters. The van der Waals surface area contributed by atoms with Crippen LogP contribution in [0.15, 0.2) is 25.1 Å². The Morgan fingerprint density at radius 1 is 1.86 bits per heavy atom. The maximum Gasteiger partial charge on any atom is 0.117 e. The molecule has 7 heavy (non-hydrogen) atoms. The summed E-state index contributed by atoms with van der Waals surface area (Å²) < 4.78 is 0. The van der Waals surface area contributed by atoms with E-state index in [9.17, 15) is 0 Å². The van der Waals surface area contributed by atoms with Gasteiger partial charge in [-0.2, -0.15) is 0 Å². The van der Waals surface area contributed by atoms with Gasteiger partial charge in [0, 0.05) is 6.20 Å². The van der Waals surface area contributed by atoms with E-state index >= 15 is 0 Å². The van der Waals surface area contributed by atoms with Crippen LogP contribution in [0.2, 0.25) is 0 Å². The van der Waals surface area contributed by atoms with Gasteiger partial charge < -0.3 is 4.84 Å². The molecule has 0 aromatic carbocycles. The molecule has 1 heterocycles. The van der Waals surface area contributed by atoms with E-state index in [1.165, 1.54) is 0 Å². The zero-order valence-electron chi connectivity index (χ0n) is 4.00. The van der Waals surface area contributed by atoms with Crippen LogP contribution in [0.25, 0.3) is 0 Å². The molecule has 2 nitrogen and oxygen atoms in total. The molecular formula is C5H7NO. The molecular weight excluding hydrogens is 90.1 g/mol. The average molecular weight is 97.1 g/mol. The Balaban J connectivity index is 2.35. The van der Waals surface area contributed by atoms with Gasteiger partial charge in [-0.25, -0.2) is 5.06 Å². The quantitative estimate of drug-likeness (QED) is 0.481. The minimum absolute atomic E-state index is 0.823. The summed E-state index contributed by atoms with van der Waals surface area (Å²) in [4.78, 5) is 4.84. The minimum Gasteiger partial charge on any atom is -0.388 e. The smallest absolute Gasteiger partial charge is 0.117 e. The highest BCUT2D eigenvalue weighted by atomic mass is 16.7. The second kappa shape index (κ2) is 1.69. The van der Waals surface area contributed by atoms with Crippen molar-refractivity contribution in [2.24, 2.45) is 0 Å². The van der Waals surface area contributed by atoms with Gasteiger partial charge in [0.1, 0.15) is 6.26 Å². The van der Waals surface area contributed by atoms with Crippen molar-refractivity contribution in [1.82, 2.24) is 5.06 Å². The minimum atomic E-state index is 0.823. The van der Waals surface area contributed by atoms with Gasteiger partial charge in [0.2, 0.25) is 0 Å². The Morgan fingerprint density at radius 2 is 2.71 bits per heavy atom. The highest BCUT2D eigenvalue weighted by molar-refractivity contribution is 4.84. The molecule has 0 N–H and O–H groups in total. The van der Waals surface area contributed by atoms with E-state index in [1.807, 2.05) is 6.08 Å². The largest absolute Gasteiger partial charge is 0.388 e. The van der Waals surface area contributed by atoms with E-state index in [1.54, 1.807) is 17.5 Å². The van der Waals surface area contributed by atoms with Gasteiger partial charge in [0.15, 0.2) is 0 Å². The zero-order chi connectivity index (χ0) is 5.11. The van der Waals surface area contributed by atoms with E-state index in [2.05, 4.69) is 6.58 Å². The maximum atomic E-state index is 4.84. The van der Waals surface area contributed by atoms with Crippen LogP contribution in [-0.4, -0.2) is 11.6 Å². The second-order valence-corrected chi connectivity index (χ2v) is 1.26. The molecule has 0 radical (unpaired) electrons. The van der Waals surface area contributed by atoms with Gasteiger partial charge in [-0.15, -0.1) is 0 Å². The summed E-state index contributed by atoms with van der Waals surface area (Å²) >= 11 is 0. The third-order valence-corrected chi connectivity index (χ3v) is 0.781. The number of hydrogen-bond donors (Lipinski definition) is 0. The fraction of sp³-hybridized carbons (Fsp3) is 0.200. The third-order valence-electron chi connectivity index (χ3n) is 0.781. The average Bonchev–Trinajstić information content (AvgIpc) is 2.14. The molecule has 0 aliphatic carbocycles. The van der Waals surface area contributed by atoms with Crippen molar-refractivity contribution in [2.75, 3.05) is 6.54 Å². The SMILES string of the molecule is C=CN1CC=CO1. The van der Waals surface area contributed by atoms with Gasteiger partial charge >= 0.3 is 0 Å². The van der Waals surface area contributed by atoms with Crippen LogP contribution < -0.4 is 0 Å². The predicted molar refractivity (Wildman–Crippen MR) is 27.1 cm³/mol. The Hall–Kier alpha value is -0.920. The summed E-state index contributed by atoms with van der Waals surface area (Å²) in [6.07, 6.45) is 5.20. The Kier molecular flexibility index (Phi) is 1.02. The summed E-state index contributed by atoms with van der Waals surface area (Å²) in [5, 5.41) is 1.64. The van der Waals surface area contributed by atoms with Crippen molar-refractivity contribution in [3.63, 3.8) is 0 Å². The van der Waals surface area contributed by atoms with Crippen LogP contribution in [0.4, 0.5) is 0 Å². The molecule has 0 aromatic heterocycles. The first-order chi connectivity index (χ1) is 3.43. The molecule has 38 valence electrons. The first-order valence-corrected chi connectivity index (χ1v) is 2.14. The second-order valence-electron chi connectivity index (χ2n) is 1.26. The molecule has 1 rings (SSSR count). The lowest BCUT2D eigenvalue weighted by Gasteiger charge is -2.07. The van der Waals surface area contributed by atoms with Crippen molar-refractivity contribution in [1.29, 1.82) is 0 Å². The van der Waals surface area contributed by atoms with Crippen LogP contribution in [0.1, 0.15) is 0 Å². The Morgan fingerprint density at radius 3 is 3.00 bits per heavy atom. The maximum absolute atomic E-state index is 4.84. The molecule has 1 aliphatic rings. The fourth-order valence-corrected chi connectivity index (χ4v) is 0.429. The van der Waals surface area contributed by atoms with Crippen LogP contribution in [0.3, 0.4) is 0 Å². The standard InChI is InChI=1S/C5H7NO/c1-2-6-4-3-5-7-6/h2-3,5H,1,4H2. The van der Waals surface area contributed by atoms with E-state index in [0.29, 0.717) is 0 Å². The first-order valence-electron chi connectivity index (χ1n) is 2.14. The molecule has 2 heteroatoms. The van der Waals surface area contributed by atoms with Gasteiger partial charge in [-0.3, -0.25) is 0 Å². The van der Waals surface area contributed by atoms with Crippen LogP contribution >= 0.6 is 0 Å². The van der Waals surface area contributed by atoms with Crippen LogP contribution in [0.5, 0.6) is 0 Å². The van der Waals surface area contributed by atoms with Crippen molar-refractivity contribution >= 4 is 0 Å². The predicted octanol–water partition coefficient (Wildman–Crippen LogP) is 0.891. The van der Waals surface area contributed by atoms with Crippen molar-refractivity contribution in [3.8, 4) is 0 Å². The van der Waals surface area contributed by atoms with Crippen molar-refractivity contribution in [3.05, 3.63) is 25.1 Å². The van der Waals surface area contributed by atoms with Crippen LogP contribution in [-0.2, 0) is 4.84 Å². The third kappa shape index (κ3) is 0.738. The van der Waals surface area contributed by atoms with Crippen molar-refractivity contribution in [2.45, 2.75) is 0 Å². The molecule has 0 bridgehead atoms. The molecule has 0 aromatic rings. The summed E-state index contributed by atoms with van der Waals surface area (Å²) in [7, 11) is 0. The van der Waals surface area contributed by atoms with Gasteiger partial charge in [0.05, 0.1) is 6.54 Å². The van der Waals surface area contributed by atoms with E-state index in [0.717, 1.165) is 6.54 Å². The van der Waals surface area contributed by atoms with E-state index < -0.39 is 0 Å².